The van der Waals surface area contributed by atoms with Crippen molar-refractivity contribution in [1.82, 2.24) is 20.4 Å². The van der Waals surface area contributed by atoms with Crippen LogP contribution in [0.5, 0.6) is 0 Å². The predicted molar refractivity (Wildman–Crippen MR) is 98.1 cm³/mol. The first-order valence-electron chi connectivity index (χ1n) is 9.15. The van der Waals surface area contributed by atoms with Crippen molar-refractivity contribution in [2.45, 2.75) is 32.2 Å². The molecule has 1 fully saturated rings. The molecular weight excluding hydrogens is 346 g/mol. The molecule has 0 unspecified atom stereocenters. The lowest BCUT2D eigenvalue weighted by Gasteiger charge is -2.21. The van der Waals surface area contributed by atoms with Gasteiger partial charge in [-0.3, -0.25) is 4.79 Å². The van der Waals surface area contributed by atoms with Gasteiger partial charge in [0.2, 0.25) is 5.82 Å². The number of hydrogen-bond acceptors (Lipinski definition) is 7. The number of nitrogens with one attached hydrogen (secondary N) is 1. The largest absolute Gasteiger partial charge is 0.467 e. The molecule has 4 heterocycles. The van der Waals surface area contributed by atoms with E-state index >= 15 is 0 Å². The van der Waals surface area contributed by atoms with Crippen molar-refractivity contribution >= 4 is 11.7 Å². The van der Waals surface area contributed by atoms with Gasteiger partial charge < -0.3 is 19.2 Å². The molecule has 1 amide bonds. The summed E-state index contributed by atoms with van der Waals surface area (Å²) in [5.74, 6) is 1.41. The van der Waals surface area contributed by atoms with Crippen LogP contribution >= 0.6 is 0 Å². The fourth-order valence-corrected chi connectivity index (χ4v) is 3.12. The van der Waals surface area contributed by atoms with Gasteiger partial charge in [-0.2, -0.15) is 4.98 Å². The van der Waals surface area contributed by atoms with Gasteiger partial charge >= 0.3 is 11.8 Å². The summed E-state index contributed by atoms with van der Waals surface area (Å²) in [5, 5.41) is 6.63. The molecule has 3 aromatic heterocycles. The molecule has 0 atom stereocenters. The second-order valence-corrected chi connectivity index (χ2v) is 6.49. The van der Waals surface area contributed by atoms with Crippen LogP contribution < -0.4 is 10.2 Å². The average Bonchev–Trinajstić information content (AvgIpc) is 3.33. The third-order valence-corrected chi connectivity index (χ3v) is 4.56. The Kier molecular flexibility index (Phi) is 5.13. The van der Waals surface area contributed by atoms with Gasteiger partial charge in [-0.25, -0.2) is 4.98 Å². The predicted octanol–water partition coefficient (Wildman–Crippen LogP) is 3.04. The molecule has 27 heavy (non-hydrogen) atoms. The summed E-state index contributed by atoms with van der Waals surface area (Å²) >= 11 is 0. The molecule has 8 nitrogen and oxygen atoms in total. The highest BCUT2D eigenvalue weighted by atomic mass is 16.5. The van der Waals surface area contributed by atoms with Crippen LogP contribution in [0.1, 0.15) is 42.1 Å². The number of carbonyl (C=O) groups excluding carboxylic acids is 1. The average molecular weight is 367 g/mol. The number of aromatic nitrogens is 3. The van der Waals surface area contributed by atoms with Crippen LogP contribution in [0.4, 0.5) is 5.82 Å². The third kappa shape index (κ3) is 4.16. The Morgan fingerprint density at radius 3 is 2.81 bits per heavy atom. The molecule has 0 spiro atoms. The van der Waals surface area contributed by atoms with Gasteiger partial charge in [0.05, 0.1) is 12.8 Å². The standard InChI is InChI=1S/C19H21N5O3/c25-18(21-13-15-6-5-11-26-15)19-22-17(23-27-19)14-7-8-20-16(12-14)24-9-3-1-2-4-10-24/h5-8,11-12H,1-4,9-10,13H2,(H,21,25). The van der Waals surface area contributed by atoms with Crippen molar-refractivity contribution in [2.24, 2.45) is 0 Å². The van der Waals surface area contributed by atoms with Gasteiger partial charge in [0.1, 0.15) is 11.6 Å². The van der Waals surface area contributed by atoms with E-state index in [2.05, 4.69) is 25.3 Å². The SMILES string of the molecule is O=C(NCc1ccco1)c1nc(-c2ccnc(N3CCCCCC3)c2)no1. The van der Waals surface area contributed by atoms with Crippen LogP contribution in [-0.2, 0) is 6.54 Å². The quantitative estimate of drug-likeness (QED) is 0.740. The summed E-state index contributed by atoms with van der Waals surface area (Å²) in [6.07, 6.45) is 8.16. The molecule has 4 rings (SSSR count). The maximum absolute atomic E-state index is 12.2. The minimum absolute atomic E-state index is 0.0790. The van der Waals surface area contributed by atoms with Gasteiger partial charge in [0, 0.05) is 24.8 Å². The number of anilines is 1. The number of furan rings is 1. The van der Waals surface area contributed by atoms with Crippen molar-refractivity contribution in [3.8, 4) is 11.4 Å². The highest BCUT2D eigenvalue weighted by Crippen LogP contribution is 2.23. The molecule has 1 N–H and O–H groups in total. The van der Waals surface area contributed by atoms with E-state index in [9.17, 15) is 4.79 Å². The zero-order chi connectivity index (χ0) is 18.5. The Labute approximate surface area is 156 Å². The molecule has 0 bridgehead atoms. The Morgan fingerprint density at radius 1 is 1.19 bits per heavy atom. The minimum Gasteiger partial charge on any atom is -0.467 e. The summed E-state index contributed by atoms with van der Waals surface area (Å²) in [7, 11) is 0. The second kappa shape index (κ2) is 8.03. The van der Waals surface area contributed by atoms with Gasteiger partial charge in [-0.1, -0.05) is 18.0 Å². The first-order chi connectivity index (χ1) is 13.3. The summed E-state index contributed by atoms with van der Waals surface area (Å²) in [4.78, 5) is 23.2. The zero-order valence-corrected chi connectivity index (χ0v) is 14.9. The molecule has 0 radical (unpaired) electrons. The molecule has 3 aromatic rings. The zero-order valence-electron chi connectivity index (χ0n) is 14.9. The number of pyridine rings is 1. The van der Waals surface area contributed by atoms with Crippen LogP contribution in [0.3, 0.4) is 0 Å². The van der Waals surface area contributed by atoms with E-state index < -0.39 is 5.91 Å². The maximum atomic E-state index is 12.2. The lowest BCUT2D eigenvalue weighted by atomic mass is 10.2. The monoisotopic (exact) mass is 367 g/mol. The van der Waals surface area contributed by atoms with Crippen LogP contribution in [0, 0.1) is 0 Å². The topological polar surface area (TPSA) is 97.3 Å². The van der Waals surface area contributed by atoms with E-state index in [0.717, 1.165) is 24.5 Å². The molecule has 140 valence electrons. The highest BCUT2D eigenvalue weighted by Gasteiger charge is 2.18. The lowest BCUT2D eigenvalue weighted by molar-refractivity contribution is 0.0904. The fraction of sp³-hybridized carbons (Fsp3) is 0.368. The van der Waals surface area contributed by atoms with E-state index in [0.29, 0.717) is 11.6 Å². The van der Waals surface area contributed by atoms with Gasteiger partial charge in [-0.05, 0) is 37.1 Å². The number of nitrogens with zero attached hydrogens (tertiary/aromatic N) is 4. The summed E-state index contributed by atoms with van der Waals surface area (Å²) in [5.41, 5.74) is 0.776. The van der Waals surface area contributed by atoms with E-state index in [1.165, 1.54) is 25.7 Å². The lowest BCUT2D eigenvalue weighted by Crippen LogP contribution is -2.24. The Morgan fingerprint density at radius 2 is 2.04 bits per heavy atom. The van der Waals surface area contributed by atoms with Crippen LogP contribution in [0.2, 0.25) is 0 Å². The van der Waals surface area contributed by atoms with Crippen molar-refractivity contribution in [3.05, 3.63) is 48.4 Å². The van der Waals surface area contributed by atoms with Gasteiger partial charge in [0.25, 0.3) is 0 Å². The van der Waals surface area contributed by atoms with Crippen LogP contribution in [0.25, 0.3) is 11.4 Å². The fourth-order valence-electron chi connectivity index (χ4n) is 3.12. The molecule has 0 saturated carbocycles. The van der Waals surface area contributed by atoms with E-state index in [1.807, 2.05) is 12.1 Å². The molecule has 0 aromatic carbocycles. The smallest absolute Gasteiger partial charge is 0.316 e. The van der Waals surface area contributed by atoms with Crippen LogP contribution in [0.15, 0.2) is 45.7 Å². The van der Waals surface area contributed by atoms with E-state index in [1.54, 1.807) is 24.6 Å². The number of carbonyl (C=O) groups is 1. The molecular formula is C19H21N5O3. The van der Waals surface area contributed by atoms with Crippen molar-refractivity contribution < 1.29 is 13.7 Å². The van der Waals surface area contributed by atoms with E-state index in [4.69, 9.17) is 8.94 Å². The molecule has 0 aliphatic carbocycles. The number of hydrogen-bond donors (Lipinski definition) is 1. The van der Waals surface area contributed by atoms with Gasteiger partial charge in [-0.15, -0.1) is 0 Å². The summed E-state index contributed by atoms with van der Waals surface area (Å²) in [6, 6.07) is 7.30. The molecule has 1 saturated heterocycles. The maximum Gasteiger partial charge on any atom is 0.316 e. The highest BCUT2D eigenvalue weighted by molar-refractivity contribution is 5.89. The number of rotatable bonds is 5. The molecule has 1 aliphatic heterocycles. The van der Waals surface area contributed by atoms with Crippen molar-refractivity contribution in [2.75, 3.05) is 18.0 Å². The Balaban J connectivity index is 1.46. The van der Waals surface area contributed by atoms with Crippen LogP contribution in [-0.4, -0.2) is 34.1 Å². The number of amides is 1. The summed E-state index contributed by atoms with van der Waals surface area (Å²) < 4.78 is 10.3. The first-order valence-corrected chi connectivity index (χ1v) is 9.15. The van der Waals surface area contributed by atoms with Gasteiger partial charge in [0.15, 0.2) is 0 Å². The molecule has 1 aliphatic rings. The second-order valence-electron chi connectivity index (χ2n) is 6.49. The van der Waals surface area contributed by atoms with E-state index in [-0.39, 0.29) is 12.4 Å². The minimum atomic E-state index is -0.438. The van der Waals surface area contributed by atoms with Crippen molar-refractivity contribution in [3.63, 3.8) is 0 Å². The first kappa shape index (κ1) is 17.3. The Hall–Kier alpha value is -3.16. The summed E-state index contributed by atoms with van der Waals surface area (Å²) in [6.45, 7) is 2.27. The Bertz CT molecular complexity index is 882. The normalized spacial score (nSPS) is 14.7. The van der Waals surface area contributed by atoms with Crippen molar-refractivity contribution in [1.29, 1.82) is 0 Å². The molecule has 8 heteroatoms. The third-order valence-electron chi connectivity index (χ3n) is 4.56.